The summed E-state index contributed by atoms with van der Waals surface area (Å²) in [5.74, 6) is -0.0672. The van der Waals surface area contributed by atoms with E-state index in [1.165, 1.54) is 0 Å². The van der Waals surface area contributed by atoms with Gasteiger partial charge in [0, 0.05) is 5.56 Å². The van der Waals surface area contributed by atoms with E-state index >= 15 is 0 Å². The Bertz CT molecular complexity index is 394. The molecule has 0 saturated heterocycles. The zero-order valence-electron chi connectivity index (χ0n) is 8.95. The molecule has 3 nitrogen and oxygen atoms in total. The third-order valence-electron chi connectivity index (χ3n) is 2.16. The van der Waals surface area contributed by atoms with Gasteiger partial charge in [-0.15, -0.1) is 0 Å². The number of oxime groups is 1. The summed E-state index contributed by atoms with van der Waals surface area (Å²) in [4.78, 5) is 0. The van der Waals surface area contributed by atoms with Crippen molar-refractivity contribution in [3.05, 3.63) is 28.3 Å². The van der Waals surface area contributed by atoms with Crippen LogP contribution < -0.4 is 0 Å². The van der Waals surface area contributed by atoms with E-state index in [0.29, 0.717) is 5.56 Å². The van der Waals surface area contributed by atoms with E-state index in [0.717, 1.165) is 11.8 Å². The molecule has 2 N–H and O–H groups in total. The number of hydrogen-bond acceptors (Lipinski definition) is 3. The summed E-state index contributed by atoms with van der Waals surface area (Å²) in [6.07, 6.45) is 1.16. The Kier molecular flexibility index (Phi) is 3.25. The lowest BCUT2D eigenvalue weighted by Gasteiger charge is -2.20. The highest BCUT2D eigenvalue weighted by molar-refractivity contribution is 6.32. The summed E-state index contributed by atoms with van der Waals surface area (Å²) < 4.78 is 0. The Morgan fingerprint density at radius 2 is 1.93 bits per heavy atom. The second-order valence-electron chi connectivity index (χ2n) is 4.39. The second kappa shape index (κ2) is 4.11. The summed E-state index contributed by atoms with van der Waals surface area (Å²) in [5, 5.41) is 21.2. The number of phenols is 1. The molecule has 4 heteroatoms. The van der Waals surface area contributed by atoms with Crippen LogP contribution in [0.15, 0.2) is 17.3 Å². The van der Waals surface area contributed by atoms with Gasteiger partial charge < -0.3 is 10.3 Å². The monoisotopic (exact) mass is 227 g/mol. The lowest BCUT2D eigenvalue weighted by Crippen LogP contribution is -2.11. The molecule has 0 saturated carbocycles. The van der Waals surface area contributed by atoms with Crippen molar-refractivity contribution in [3.63, 3.8) is 0 Å². The van der Waals surface area contributed by atoms with Crippen LogP contribution in [-0.2, 0) is 5.41 Å². The normalized spacial score (nSPS) is 12.3. The van der Waals surface area contributed by atoms with E-state index in [2.05, 4.69) is 5.16 Å². The molecule has 0 fully saturated rings. The number of halogens is 1. The van der Waals surface area contributed by atoms with Gasteiger partial charge in [-0.25, -0.2) is 0 Å². The predicted molar refractivity (Wildman–Crippen MR) is 61.2 cm³/mol. The number of aromatic hydroxyl groups is 1. The van der Waals surface area contributed by atoms with Crippen LogP contribution in [0.5, 0.6) is 5.75 Å². The summed E-state index contributed by atoms with van der Waals surface area (Å²) in [6.45, 7) is 6.11. The fraction of sp³-hybridized carbons (Fsp3) is 0.364. The van der Waals surface area contributed by atoms with Crippen LogP contribution in [0, 0.1) is 0 Å². The van der Waals surface area contributed by atoms with E-state index in [4.69, 9.17) is 16.8 Å². The average Bonchev–Trinajstić information content (AvgIpc) is 2.11. The molecule has 0 atom stereocenters. The molecule has 15 heavy (non-hydrogen) atoms. The van der Waals surface area contributed by atoms with Crippen molar-refractivity contribution in [1.82, 2.24) is 0 Å². The van der Waals surface area contributed by atoms with Crippen molar-refractivity contribution in [1.29, 1.82) is 0 Å². The smallest absolute Gasteiger partial charge is 0.143 e. The van der Waals surface area contributed by atoms with Crippen LogP contribution in [0.3, 0.4) is 0 Å². The van der Waals surface area contributed by atoms with Gasteiger partial charge in [0.2, 0.25) is 0 Å². The molecule has 0 bridgehead atoms. The molecule has 0 amide bonds. The minimum Gasteiger partial charge on any atom is -0.506 e. The number of hydrogen-bond donors (Lipinski definition) is 2. The Hall–Kier alpha value is -1.22. The standard InChI is InChI=1S/C11H14ClNO2/c1-11(2,3)8-4-7(6-13-15)10(14)9(12)5-8/h4-6,14-15H,1-3H3/b13-6+. The van der Waals surface area contributed by atoms with Gasteiger partial charge in [-0.05, 0) is 23.1 Å². The molecular formula is C11H14ClNO2. The Morgan fingerprint density at radius 3 is 2.40 bits per heavy atom. The molecule has 1 aromatic rings. The van der Waals surface area contributed by atoms with Gasteiger partial charge in [0.25, 0.3) is 0 Å². The van der Waals surface area contributed by atoms with E-state index in [1.807, 2.05) is 20.8 Å². The van der Waals surface area contributed by atoms with Crippen molar-refractivity contribution < 1.29 is 10.3 Å². The molecule has 0 spiro atoms. The number of rotatable bonds is 1. The molecule has 1 rings (SSSR count). The van der Waals surface area contributed by atoms with Gasteiger partial charge >= 0.3 is 0 Å². The third-order valence-corrected chi connectivity index (χ3v) is 2.44. The topological polar surface area (TPSA) is 52.8 Å². The quantitative estimate of drug-likeness (QED) is 0.440. The SMILES string of the molecule is CC(C)(C)c1cc(Cl)c(O)c(/C=N/O)c1. The summed E-state index contributed by atoms with van der Waals surface area (Å²) in [5.41, 5.74) is 1.31. The first-order chi connectivity index (χ1) is 6.86. The first-order valence-electron chi connectivity index (χ1n) is 4.56. The van der Waals surface area contributed by atoms with Gasteiger partial charge in [0.05, 0.1) is 11.2 Å². The summed E-state index contributed by atoms with van der Waals surface area (Å²) >= 11 is 5.87. The van der Waals surface area contributed by atoms with E-state index in [9.17, 15) is 5.11 Å². The van der Waals surface area contributed by atoms with Crippen molar-refractivity contribution >= 4 is 17.8 Å². The first-order valence-corrected chi connectivity index (χ1v) is 4.94. The molecule has 0 unspecified atom stereocenters. The Balaban J connectivity index is 3.36. The first kappa shape index (κ1) is 11.9. The molecule has 0 aliphatic carbocycles. The van der Waals surface area contributed by atoms with Crippen molar-refractivity contribution in [3.8, 4) is 5.75 Å². The maximum atomic E-state index is 9.58. The molecule has 0 aliphatic rings. The van der Waals surface area contributed by atoms with Crippen LogP contribution >= 0.6 is 11.6 Å². The Labute approximate surface area is 94.0 Å². The predicted octanol–water partition coefficient (Wildman–Crippen LogP) is 3.15. The van der Waals surface area contributed by atoms with Crippen LogP contribution in [-0.4, -0.2) is 16.5 Å². The highest BCUT2D eigenvalue weighted by Gasteiger charge is 2.17. The van der Waals surface area contributed by atoms with Crippen LogP contribution in [0.25, 0.3) is 0 Å². The van der Waals surface area contributed by atoms with Gasteiger partial charge in [-0.3, -0.25) is 0 Å². The van der Waals surface area contributed by atoms with Gasteiger partial charge in [-0.2, -0.15) is 0 Å². The van der Waals surface area contributed by atoms with Crippen molar-refractivity contribution in [2.75, 3.05) is 0 Å². The lowest BCUT2D eigenvalue weighted by molar-refractivity contribution is 0.321. The van der Waals surface area contributed by atoms with Crippen molar-refractivity contribution in [2.24, 2.45) is 5.16 Å². The van der Waals surface area contributed by atoms with Crippen LogP contribution in [0.4, 0.5) is 0 Å². The minimum atomic E-state index is -0.0740. The maximum Gasteiger partial charge on any atom is 0.143 e. The molecule has 82 valence electrons. The maximum absolute atomic E-state index is 9.58. The molecule has 0 aromatic heterocycles. The molecule has 0 radical (unpaired) electrons. The molecule has 0 aliphatic heterocycles. The van der Waals surface area contributed by atoms with E-state index in [1.54, 1.807) is 12.1 Å². The highest BCUT2D eigenvalue weighted by Crippen LogP contribution is 2.33. The second-order valence-corrected chi connectivity index (χ2v) is 4.80. The van der Waals surface area contributed by atoms with E-state index in [-0.39, 0.29) is 16.2 Å². The Morgan fingerprint density at radius 1 is 1.33 bits per heavy atom. The molecule has 1 aromatic carbocycles. The molecular weight excluding hydrogens is 214 g/mol. The average molecular weight is 228 g/mol. The number of phenolic OH excluding ortho intramolecular Hbond substituents is 1. The van der Waals surface area contributed by atoms with Crippen LogP contribution in [0.1, 0.15) is 31.9 Å². The fourth-order valence-corrected chi connectivity index (χ4v) is 1.44. The highest BCUT2D eigenvalue weighted by atomic mass is 35.5. The third kappa shape index (κ3) is 2.63. The van der Waals surface area contributed by atoms with Gasteiger partial charge in [0.1, 0.15) is 5.75 Å². The number of benzene rings is 1. The zero-order valence-corrected chi connectivity index (χ0v) is 9.71. The fourth-order valence-electron chi connectivity index (χ4n) is 1.21. The minimum absolute atomic E-state index is 0.0672. The summed E-state index contributed by atoms with van der Waals surface area (Å²) in [6, 6.07) is 3.46. The largest absolute Gasteiger partial charge is 0.506 e. The van der Waals surface area contributed by atoms with Gasteiger partial charge in [0.15, 0.2) is 0 Å². The van der Waals surface area contributed by atoms with Crippen molar-refractivity contribution in [2.45, 2.75) is 26.2 Å². The molecule has 0 heterocycles. The van der Waals surface area contributed by atoms with Gasteiger partial charge in [-0.1, -0.05) is 37.5 Å². The zero-order chi connectivity index (χ0) is 11.6. The van der Waals surface area contributed by atoms with Crippen LogP contribution in [0.2, 0.25) is 5.02 Å². The lowest BCUT2D eigenvalue weighted by atomic mass is 9.86. The van der Waals surface area contributed by atoms with E-state index < -0.39 is 0 Å². The summed E-state index contributed by atoms with van der Waals surface area (Å²) in [7, 11) is 0. The number of nitrogens with zero attached hydrogens (tertiary/aromatic N) is 1.